The summed E-state index contributed by atoms with van der Waals surface area (Å²) in [6.45, 7) is 4.33. The zero-order valence-electron chi connectivity index (χ0n) is 19.9. The Kier molecular flexibility index (Phi) is 9.57. The van der Waals surface area contributed by atoms with Crippen LogP contribution in [-0.2, 0) is 10.1 Å². The Labute approximate surface area is 207 Å². The number of hydrogen-bond donors (Lipinski definition) is 2. The van der Waals surface area contributed by atoms with Crippen molar-refractivity contribution in [2.75, 3.05) is 0 Å². The predicted molar refractivity (Wildman–Crippen MR) is 139 cm³/mol. The second-order valence-corrected chi connectivity index (χ2v) is 8.45. The molecular weight excluding hydrogens is 457 g/mol. The molecule has 1 aromatic heterocycles. The topological polar surface area (TPSA) is 88.2 Å². The van der Waals surface area contributed by atoms with E-state index >= 15 is 0 Å². The predicted octanol–water partition coefficient (Wildman–Crippen LogP) is 5.27. The van der Waals surface area contributed by atoms with Crippen molar-refractivity contribution in [3.05, 3.63) is 120 Å². The fourth-order valence-electron chi connectivity index (χ4n) is 4.08. The third-order valence-corrected chi connectivity index (χ3v) is 5.78. The lowest BCUT2D eigenvalue weighted by Gasteiger charge is -2.35. The van der Waals surface area contributed by atoms with Crippen LogP contribution in [0, 0.1) is 17.8 Å². The minimum Gasteiger partial charge on any atom is -0.326 e. The zero-order chi connectivity index (χ0) is 25.1. The van der Waals surface area contributed by atoms with E-state index in [-0.39, 0.29) is 0 Å². The molecule has 0 fully saturated rings. The lowest BCUT2D eigenvalue weighted by molar-refractivity contribution is 0.405. The summed E-state index contributed by atoms with van der Waals surface area (Å²) in [7, 11) is -3.13. The van der Waals surface area contributed by atoms with Gasteiger partial charge in [-0.2, -0.15) is 0 Å². The van der Waals surface area contributed by atoms with Gasteiger partial charge in [0, 0.05) is 5.92 Å². The monoisotopic (exact) mass is 487 g/mol. The maximum atomic E-state index is 8.74. The highest BCUT2D eigenvalue weighted by molar-refractivity contribution is 7.30. The summed E-state index contributed by atoms with van der Waals surface area (Å²) in [5, 5.41) is 4.88. The van der Waals surface area contributed by atoms with Crippen LogP contribution in [0.4, 0.5) is 0 Å². The molecule has 0 aliphatic heterocycles. The Morgan fingerprint density at radius 3 is 1.60 bits per heavy atom. The molecule has 7 heteroatoms. The van der Waals surface area contributed by atoms with Gasteiger partial charge in [-0.1, -0.05) is 111 Å². The van der Waals surface area contributed by atoms with Crippen molar-refractivity contribution < 1.29 is 14.4 Å². The van der Waals surface area contributed by atoms with Crippen molar-refractivity contribution in [1.82, 2.24) is 14.8 Å². The molecule has 0 unspecified atom stereocenters. The van der Waals surface area contributed by atoms with E-state index in [1.165, 1.54) is 0 Å². The number of aromatic nitrogens is 3. The van der Waals surface area contributed by atoms with Crippen LogP contribution < -0.4 is 0 Å². The van der Waals surface area contributed by atoms with Crippen LogP contribution in [-0.4, -0.2) is 24.6 Å². The van der Waals surface area contributed by atoms with Gasteiger partial charge in [-0.05, 0) is 35.5 Å². The molecule has 0 radical (unpaired) electrons. The van der Waals surface area contributed by atoms with E-state index < -0.39 is 13.8 Å². The second-order valence-electron chi connectivity index (χ2n) is 7.89. The van der Waals surface area contributed by atoms with Crippen LogP contribution in [0.1, 0.15) is 49.2 Å². The first-order chi connectivity index (χ1) is 17.0. The average Bonchev–Trinajstić information content (AvgIpc) is 3.36. The third-order valence-electron chi connectivity index (χ3n) is 5.78. The molecule has 1 heterocycles. The van der Waals surface area contributed by atoms with Gasteiger partial charge < -0.3 is 9.79 Å². The first kappa shape index (κ1) is 26.1. The van der Waals surface area contributed by atoms with E-state index in [1.54, 1.807) is 0 Å². The average molecular weight is 488 g/mol. The highest BCUT2D eigenvalue weighted by atomic mass is 31.1. The van der Waals surface area contributed by atoms with Crippen LogP contribution in [0.25, 0.3) is 0 Å². The van der Waals surface area contributed by atoms with Gasteiger partial charge in [0.05, 0.1) is 0 Å². The van der Waals surface area contributed by atoms with Crippen LogP contribution >= 0.6 is 8.25 Å². The van der Waals surface area contributed by atoms with Gasteiger partial charge >= 0.3 is 8.25 Å². The first-order valence-corrected chi connectivity index (χ1v) is 12.8. The minimum atomic E-state index is -3.13. The van der Waals surface area contributed by atoms with Crippen molar-refractivity contribution >= 4 is 8.25 Å². The summed E-state index contributed by atoms with van der Waals surface area (Å²) in [5.74, 6) is 7.46. The molecule has 0 aliphatic rings. The van der Waals surface area contributed by atoms with Gasteiger partial charge in [0.25, 0.3) is 0 Å². The smallest absolute Gasteiger partial charge is 0.314 e. The molecule has 6 nitrogen and oxygen atoms in total. The molecule has 35 heavy (non-hydrogen) atoms. The highest BCUT2D eigenvalue weighted by Gasteiger charge is 2.39. The molecule has 2 N–H and O–H groups in total. The molecule has 0 bridgehead atoms. The van der Waals surface area contributed by atoms with Gasteiger partial charge in [0.2, 0.25) is 5.82 Å². The standard InChI is InChI=1S/C28H27N3.H3O3P/c1-3-23(4-2)20-21-27-29-22-31(30-27)28(24-14-8-5-9-15-24,25-16-10-6-11-17-25)26-18-12-7-13-19-26;1-4(2)3/h5-19,22-23H,3-4H2,1-2H3;4H,(H2,1,2,3). The Bertz CT molecular complexity index is 1160. The molecule has 0 spiro atoms. The summed E-state index contributed by atoms with van der Waals surface area (Å²) in [6.07, 6.45) is 3.88. The molecule has 180 valence electrons. The maximum absolute atomic E-state index is 8.74. The maximum Gasteiger partial charge on any atom is 0.314 e. The Morgan fingerprint density at radius 2 is 1.23 bits per heavy atom. The molecule has 3 aromatic carbocycles. The largest absolute Gasteiger partial charge is 0.326 e. The minimum absolute atomic E-state index is 0.370. The lowest BCUT2D eigenvalue weighted by atomic mass is 9.77. The van der Waals surface area contributed by atoms with E-state index in [9.17, 15) is 0 Å². The van der Waals surface area contributed by atoms with E-state index in [0.717, 1.165) is 29.5 Å². The van der Waals surface area contributed by atoms with Gasteiger partial charge in [0.15, 0.2) is 0 Å². The zero-order valence-corrected chi connectivity index (χ0v) is 20.9. The van der Waals surface area contributed by atoms with E-state index in [2.05, 4.69) is 103 Å². The third kappa shape index (κ3) is 6.35. The molecule has 0 atom stereocenters. The van der Waals surface area contributed by atoms with Crippen molar-refractivity contribution in [2.45, 2.75) is 32.2 Å². The number of rotatable bonds is 6. The van der Waals surface area contributed by atoms with Crippen LogP contribution in [0.2, 0.25) is 0 Å². The molecule has 0 amide bonds. The second kappa shape index (κ2) is 12.8. The number of nitrogens with zero attached hydrogens (tertiary/aromatic N) is 3. The Morgan fingerprint density at radius 1 is 0.829 bits per heavy atom. The summed E-state index contributed by atoms with van der Waals surface area (Å²) in [6, 6.07) is 31.4. The van der Waals surface area contributed by atoms with Crippen molar-refractivity contribution in [3.63, 3.8) is 0 Å². The van der Waals surface area contributed by atoms with Gasteiger partial charge in [0.1, 0.15) is 11.9 Å². The van der Waals surface area contributed by atoms with Crippen molar-refractivity contribution in [3.8, 4) is 11.8 Å². The molecule has 0 aliphatic carbocycles. The van der Waals surface area contributed by atoms with Gasteiger partial charge in [-0.15, -0.1) is 5.10 Å². The fraction of sp³-hybridized carbons (Fsp3) is 0.214. The van der Waals surface area contributed by atoms with Crippen molar-refractivity contribution in [1.29, 1.82) is 0 Å². The normalized spacial score (nSPS) is 10.9. The first-order valence-electron chi connectivity index (χ1n) is 11.5. The van der Waals surface area contributed by atoms with Crippen LogP contribution in [0.5, 0.6) is 0 Å². The molecule has 0 saturated heterocycles. The molecule has 4 aromatic rings. The van der Waals surface area contributed by atoms with Crippen molar-refractivity contribution in [2.24, 2.45) is 5.92 Å². The number of benzene rings is 3. The SMILES string of the molecule is CCC(C#Cc1ncn(C(c2ccccc2)(c2ccccc2)c2ccccc2)n1)CC.O=[PH](O)O. The quantitative estimate of drug-likeness (QED) is 0.220. The van der Waals surface area contributed by atoms with Gasteiger partial charge in [-0.25, -0.2) is 9.67 Å². The fourth-order valence-corrected chi connectivity index (χ4v) is 4.08. The summed E-state index contributed by atoms with van der Waals surface area (Å²) < 4.78 is 10.7. The molecule has 4 rings (SSSR count). The summed E-state index contributed by atoms with van der Waals surface area (Å²) >= 11 is 0. The molecular formula is C28H30N3O3P. The number of hydrogen-bond acceptors (Lipinski definition) is 3. The summed E-state index contributed by atoms with van der Waals surface area (Å²) in [4.78, 5) is 18.9. The van der Waals surface area contributed by atoms with Crippen LogP contribution in [0.15, 0.2) is 97.3 Å². The lowest BCUT2D eigenvalue weighted by Crippen LogP contribution is -2.38. The molecule has 0 saturated carbocycles. The van der Waals surface area contributed by atoms with Gasteiger partial charge in [-0.3, -0.25) is 4.57 Å². The van der Waals surface area contributed by atoms with E-state index in [1.807, 2.05) is 29.2 Å². The summed E-state index contributed by atoms with van der Waals surface area (Å²) in [5.41, 5.74) is 2.72. The Balaban J connectivity index is 0.000000795. The highest BCUT2D eigenvalue weighted by Crippen LogP contribution is 2.39. The van der Waals surface area contributed by atoms with Crippen LogP contribution in [0.3, 0.4) is 0 Å². The van der Waals surface area contributed by atoms with E-state index in [0.29, 0.717) is 11.7 Å². The van der Waals surface area contributed by atoms with E-state index in [4.69, 9.17) is 19.5 Å². The Hall–Kier alpha value is -3.49.